The molecule has 3 amide bonds. The van der Waals surface area contributed by atoms with Crippen LogP contribution in [0.25, 0.3) is 0 Å². The lowest BCUT2D eigenvalue weighted by atomic mass is 10.1. The number of hydrogen-bond donors (Lipinski definition) is 4. The molecule has 27 heavy (non-hydrogen) atoms. The summed E-state index contributed by atoms with van der Waals surface area (Å²) in [4.78, 5) is 25.5. The van der Waals surface area contributed by atoms with Crippen LogP contribution in [0, 0.1) is 0 Å². The van der Waals surface area contributed by atoms with Gasteiger partial charge in [-0.3, -0.25) is 10.2 Å². The predicted octanol–water partition coefficient (Wildman–Crippen LogP) is 1.46. The minimum Gasteiger partial charge on any atom is -0.450 e. The molecule has 0 aliphatic carbocycles. The largest absolute Gasteiger partial charge is 0.450 e. The third-order valence-corrected chi connectivity index (χ3v) is 3.96. The van der Waals surface area contributed by atoms with Crippen molar-refractivity contribution in [2.24, 2.45) is 0 Å². The van der Waals surface area contributed by atoms with Crippen molar-refractivity contribution in [3.8, 4) is 0 Å². The van der Waals surface area contributed by atoms with Crippen molar-refractivity contribution in [1.82, 2.24) is 10.2 Å². The second kappa shape index (κ2) is 10.1. The molecule has 1 aliphatic heterocycles. The number of anilines is 2. The SMILES string of the molecule is CCOC(=O)Nc1ccc(NC(=O)NCC(C)(O)CN2CCOCC2)cc1. The first-order valence-electron chi connectivity index (χ1n) is 8.99. The Labute approximate surface area is 159 Å². The summed E-state index contributed by atoms with van der Waals surface area (Å²) in [5.41, 5.74) is 0.0878. The molecule has 1 saturated heterocycles. The number of ether oxygens (including phenoxy) is 2. The molecule has 0 bridgehead atoms. The zero-order valence-corrected chi connectivity index (χ0v) is 15.8. The first-order valence-corrected chi connectivity index (χ1v) is 8.99. The number of nitrogens with one attached hydrogen (secondary N) is 3. The summed E-state index contributed by atoms with van der Waals surface area (Å²) < 4.78 is 10.1. The second-order valence-electron chi connectivity index (χ2n) is 6.62. The topological polar surface area (TPSA) is 112 Å². The van der Waals surface area contributed by atoms with Crippen LogP contribution in [-0.4, -0.2) is 73.7 Å². The van der Waals surface area contributed by atoms with E-state index in [1.807, 2.05) is 0 Å². The fraction of sp³-hybridized carbons (Fsp3) is 0.556. The highest BCUT2D eigenvalue weighted by Gasteiger charge is 2.25. The molecular formula is C18H28N4O5. The van der Waals surface area contributed by atoms with Crippen LogP contribution in [0.2, 0.25) is 0 Å². The summed E-state index contributed by atoms with van der Waals surface area (Å²) >= 11 is 0. The highest BCUT2D eigenvalue weighted by atomic mass is 16.5. The van der Waals surface area contributed by atoms with Crippen molar-refractivity contribution in [3.05, 3.63) is 24.3 Å². The molecule has 1 aromatic rings. The molecule has 0 spiro atoms. The summed E-state index contributed by atoms with van der Waals surface area (Å²) in [7, 11) is 0. The number of β-amino-alcohol motifs (C(OH)–C–C–N with tert-alkyl or cyclic N) is 1. The summed E-state index contributed by atoms with van der Waals surface area (Å²) in [6.45, 7) is 7.16. The van der Waals surface area contributed by atoms with E-state index in [0.29, 0.717) is 37.7 Å². The fourth-order valence-corrected chi connectivity index (χ4v) is 2.66. The van der Waals surface area contributed by atoms with Gasteiger partial charge in [-0.05, 0) is 38.1 Å². The normalized spacial score (nSPS) is 16.9. The Balaban J connectivity index is 1.75. The van der Waals surface area contributed by atoms with Gasteiger partial charge in [0, 0.05) is 37.6 Å². The Hall–Kier alpha value is -2.36. The number of aliphatic hydroxyl groups is 1. The van der Waals surface area contributed by atoms with E-state index >= 15 is 0 Å². The number of hydrogen-bond acceptors (Lipinski definition) is 6. The Morgan fingerprint density at radius 2 is 1.78 bits per heavy atom. The first kappa shape index (κ1) is 20.9. The van der Waals surface area contributed by atoms with Crippen LogP contribution in [0.3, 0.4) is 0 Å². The number of rotatable bonds is 7. The van der Waals surface area contributed by atoms with Crippen molar-refractivity contribution >= 4 is 23.5 Å². The maximum absolute atomic E-state index is 12.0. The van der Waals surface area contributed by atoms with E-state index in [1.54, 1.807) is 38.1 Å². The average molecular weight is 380 g/mol. The van der Waals surface area contributed by atoms with Gasteiger partial charge in [-0.2, -0.15) is 0 Å². The van der Waals surface area contributed by atoms with Gasteiger partial charge in [0.2, 0.25) is 0 Å². The highest BCUT2D eigenvalue weighted by molar-refractivity contribution is 5.90. The smallest absolute Gasteiger partial charge is 0.411 e. The molecule has 0 aromatic heterocycles. The molecule has 0 saturated carbocycles. The van der Waals surface area contributed by atoms with Crippen molar-refractivity contribution in [2.45, 2.75) is 19.4 Å². The Kier molecular flexibility index (Phi) is 7.83. The maximum atomic E-state index is 12.0. The Morgan fingerprint density at radius 1 is 1.19 bits per heavy atom. The fourth-order valence-electron chi connectivity index (χ4n) is 2.66. The van der Waals surface area contributed by atoms with Gasteiger partial charge < -0.3 is 25.2 Å². The van der Waals surface area contributed by atoms with Crippen molar-refractivity contribution < 1.29 is 24.2 Å². The molecule has 1 heterocycles. The molecule has 9 nitrogen and oxygen atoms in total. The van der Waals surface area contributed by atoms with Gasteiger partial charge in [0.1, 0.15) is 0 Å². The molecule has 1 aromatic carbocycles. The molecule has 9 heteroatoms. The molecule has 2 rings (SSSR count). The molecular weight excluding hydrogens is 352 g/mol. The molecule has 0 radical (unpaired) electrons. The summed E-state index contributed by atoms with van der Waals surface area (Å²) in [6, 6.07) is 6.21. The van der Waals surface area contributed by atoms with E-state index < -0.39 is 17.7 Å². The van der Waals surface area contributed by atoms with E-state index in [4.69, 9.17) is 9.47 Å². The summed E-state index contributed by atoms with van der Waals surface area (Å²) in [6.07, 6.45) is -0.529. The number of carbonyl (C=O) groups excluding carboxylic acids is 2. The lowest BCUT2D eigenvalue weighted by Crippen LogP contribution is -2.51. The molecule has 1 aliphatic rings. The zero-order chi connectivity index (χ0) is 19.7. The third kappa shape index (κ3) is 7.81. The molecule has 1 unspecified atom stereocenters. The summed E-state index contributed by atoms with van der Waals surface area (Å²) in [5, 5.41) is 18.4. The van der Waals surface area contributed by atoms with Crippen molar-refractivity contribution in [3.63, 3.8) is 0 Å². The predicted molar refractivity (Wildman–Crippen MR) is 102 cm³/mol. The van der Waals surface area contributed by atoms with E-state index in [9.17, 15) is 14.7 Å². The number of nitrogens with zero attached hydrogens (tertiary/aromatic N) is 1. The van der Waals surface area contributed by atoms with Gasteiger partial charge in [0.05, 0.1) is 25.4 Å². The standard InChI is InChI=1S/C18H28N4O5/c1-3-27-17(24)21-15-6-4-14(5-7-15)20-16(23)19-12-18(2,25)13-22-8-10-26-11-9-22/h4-7,25H,3,8-13H2,1-2H3,(H,21,24)(H2,19,20,23). The number of carbonyl (C=O) groups is 2. The quantitative estimate of drug-likeness (QED) is 0.570. The van der Waals surface area contributed by atoms with E-state index in [2.05, 4.69) is 20.9 Å². The maximum Gasteiger partial charge on any atom is 0.411 e. The molecule has 150 valence electrons. The number of morpholine rings is 1. The lowest BCUT2D eigenvalue weighted by molar-refractivity contribution is -0.0205. The van der Waals surface area contributed by atoms with Crippen LogP contribution < -0.4 is 16.0 Å². The van der Waals surface area contributed by atoms with Gasteiger partial charge in [-0.15, -0.1) is 0 Å². The van der Waals surface area contributed by atoms with Crippen LogP contribution in [0.15, 0.2) is 24.3 Å². The van der Waals surface area contributed by atoms with Crippen LogP contribution >= 0.6 is 0 Å². The lowest BCUT2D eigenvalue weighted by Gasteiger charge is -2.33. The summed E-state index contributed by atoms with van der Waals surface area (Å²) in [5.74, 6) is 0. The zero-order valence-electron chi connectivity index (χ0n) is 15.8. The van der Waals surface area contributed by atoms with Crippen LogP contribution in [0.4, 0.5) is 21.0 Å². The molecule has 1 fully saturated rings. The minimum absolute atomic E-state index is 0.124. The first-order chi connectivity index (χ1) is 12.9. The molecule has 4 N–H and O–H groups in total. The van der Waals surface area contributed by atoms with Crippen LogP contribution in [0.5, 0.6) is 0 Å². The Bertz CT molecular complexity index is 615. The van der Waals surface area contributed by atoms with Crippen molar-refractivity contribution in [1.29, 1.82) is 0 Å². The van der Waals surface area contributed by atoms with E-state index in [0.717, 1.165) is 13.1 Å². The van der Waals surface area contributed by atoms with Gasteiger partial charge in [0.15, 0.2) is 0 Å². The third-order valence-electron chi connectivity index (χ3n) is 3.96. The van der Waals surface area contributed by atoms with Crippen LogP contribution in [-0.2, 0) is 9.47 Å². The number of urea groups is 1. The number of amides is 3. The Morgan fingerprint density at radius 3 is 2.37 bits per heavy atom. The number of benzene rings is 1. The average Bonchev–Trinajstić information content (AvgIpc) is 2.62. The van der Waals surface area contributed by atoms with Gasteiger partial charge >= 0.3 is 12.1 Å². The monoisotopic (exact) mass is 380 g/mol. The minimum atomic E-state index is -1.04. The van der Waals surface area contributed by atoms with E-state index in [1.165, 1.54) is 0 Å². The van der Waals surface area contributed by atoms with Crippen LogP contribution in [0.1, 0.15) is 13.8 Å². The molecule has 1 atom stereocenters. The van der Waals surface area contributed by atoms with Gasteiger partial charge in [-0.1, -0.05) is 0 Å². The van der Waals surface area contributed by atoms with Crippen molar-refractivity contribution in [2.75, 3.05) is 56.6 Å². The second-order valence-corrected chi connectivity index (χ2v) is 6.62. The highest BCUT2D eigenvalue weighted by Crippen LogP contribution is 2.14. The van der Waals surface area contributed by atoms with Gasteiger partial charge in [-0.25, -0.2) is 9.59 Å². The van der Waals surface area contributed by atoms with Gasteiger partial charge in [0.25, 0.3) is 0 Å². The van der Waals surface area contributed by atoms with E-state index in [-0.39, 0.29) is 6.54 Å².